The number of aliphatic hydroxyl groups excluding tert-OH is 1. The summed E-state index contributed by atoms with van der Waals surface area (Å²) in [6.45, 7) is 4.00. The smallest absolute Gasteiger partial charge is 0.247 e. The molecule has 20 heavy (non-hydrogen) atoms. The van der Waals surface area contributed by atoms with E-state index in [2.05, 4.69) is 5.32 Å². The van der Waals surface area contributed by atoms with Gasteiger partial charge >= 0.3 is 0 Å². The lowest BCUT2D eigenvalue weighted by Gasteiger charge is -2.30. The second kappa shape index (κ2) is 6.68. The fourth-order valence-corrected chi connectivity index (χ4v) is 3.38. The molecule has 1 saturated heterocycles. The van der Waals surface area contributed by atoms with E-state index < -0.39 is 12.1 Å². The third-order valence-corrected chi connectivity index (χ3v) is 4.64. The summed E-state index contributed by atoms with van der Waals surface area (Å²) in [6.07, 6.45) is 5.20. The molecule has 5 heteroatoms. The van der Waals surface area contributed by atoms with Gasteiger partial charge in [0.2, 0.25) is 11.8 Å². The first-order valence-corrected chi connectivity index (χ1v) is 7.88. The van der Waals surface area contributed by atoms with Crippen LogP contribution in [0.25, 0.3) is 0 Å². The monoisotopic (exact) mass is 282 g/mol. The summed E-state index contributed by atoms with van der Waals surface area (Å²) in [5.74, 6) is -0.187. The molecule has 1 heterocycles. The van der Waals surface area contributed by atoms with Gasteiger partial charge in [-0.15, -0.1) is 0 Å². The van der Waals surface area contributed by atoms with Crippen molar-refractivity contribution in [3.05, 3.63) is 0 Å². The first-order valence-electron chi connectivity index (χ1n) is 7.88. The van der Waals surface area contributed by atoms with Crippen LogP contribution in [-0.2, 0) is 9.59 Å². The maximum Gasteiger partial charge on any atom is 0.247 e. The zero-order valence-electron chi connectivity index (χ0n) is 12.5. The minimum atomic E-state index is -0.444. The second-order valence-electron chi connectivity index (χ2n) is 5.95. The highest BCUT2D eigenvalue weighted by molar-refractivity contribution is 6.05. The van der Waals surface area contributed by atoms with Crippen molar-refractivity contribution in [2.75, 3.05) is 0 Å². The van der Waals surface area contributed by atoms with Crippen molar-refractivity contribution in [1.82, 2.24) is 10.2 Å². The zero-order chi connectivity index (χ0) is 14.7. The van der Waals surface area contributed by atoms with E-state index in [0.29, 0.717) is 0 Å². The molecule has 0 spiro atoms. The summed E-state index contributed by atoms with van der Waals surface area (Å²) < 4.78 is 0. The Bertz CT molecular complexity index is 368. The Balaban J connectivity index is 2.00. The Morgan fingerprint density at radius 1 is 1.25 bits per heavy atom. The van der Waals surface area contributed by atoms with Crippen LogP contribution in [0.2, 0.25) is 0 Å². The van der Waals surface area contributed by atoms with Gasteiger partial charge in [0, 0.05) is 12.1 Å². The topological polar surface area (TPSA) is 69.6 Å². The van der Waals surface area contributed by atoms with Gasteiger partial charge in [0.1, 0.15) is 0 Å². The van der Waals surface area contributed by atoms with Crippen LogP contribution in [0, 0.1) is 0 Å². The molecule has 1 aliphatic heterocycles. The average molecular weight is 282 g/mol. The lowest BCUT2D eigenvalue weighted by atomic mass is 9.92. The largest absolute Gasteiger partial charge is 0.392 e. The number of carbonyl (C=O) groups excluding carboxylic acids is 2. The Labute approximate surface area is 120 Å². The van der Waals surface area contributed by atoms with Crippen LogP contribution in [0.4, 0.5) is 0 Å². The third kappa shape index (κ3) is 3.04. The highest BCUT2D eigenvalue weighted by Gasteiger charge is 2.42. The Kier molecular flexibility index (Phi) is 5.16. The molecule has 3 atom stereocenters. The van der Waals surface area contributed by atoms with Gasteiger partial charge in [-0.05, 0) is 25.7 Å². The predicted molar refractivity (Wildman–Crippen MR) is 76.0 cm³/mol. The Morgan fingerprint density at radius 2 is 1.90 bits per heavy atom. The summed E-state index contributed by atoms with van der Waals surface area (Å²) in [5, 5.41) is 13.2. The number of rotatable bonds is 5. The van der Waals surface area contributed by atoms with Gasteiger partial charge in [0.15, 0.2) is 0 Å². The minimum absolute atomic E-state index is 0.0121. The number of carbonyl (C=O) groups is 2. The second-order valence-corrected chi connectivity index (χ2v) is 5.95. The molecule has 0 bridgehead atoms. The summed E-state index contributed by atoms with van der Waals surface area (Å²) in [6, 6.07) is -0.480. The maximum atomic E-state index is 12.4. The van der Waals surface area contributed by atoms with E-state index in [1.54, 1.807) is 0 Å². The van der Waals surface area contributed by atoms with Crippen molar-refractivity contribution in [2.45, 2.75) is 83.0 Å². The van der Waals surface area contributed by atoms with Crippen molar-refractivity contribution < 1.29 is 14.7 Å². The number of imide groups is 1. The van der Waals surface area contributed by atoms with E-state index in [0.717, 1.165) is 38.5 Å². The van der Waals surface area contributed by atoms with Gasteiger partial charge in [-0.25, -0.2) is 0 Å². The van der Waals surface area contributed by atoms with Gasteiger partial charge in [0.05, 0.1) is 18.6 Å². The summed E-state index contributed by atoms with van der Waals surface area (Å²) in [7, 11) is 0. The van der Waals surface area contributed by atoms with Crippen LogP contribution in [0.1, 0.15) is 58.8 Å². The van der Waals surface area contributed by atoms with Crippen LogP contribution >= 0.6 is 0 Å². The molecule has 0 aromatic rings. The summed E-state index contributed by atoms with van der Waals surface area (Å²) in [4.78, 5) is 25.9. The van der Waals surface area contributed by atoms with Crippen molar-refractivity contribution in [1.29, 1.82) is 0 Å². The molecule has 0 aromatic heterocycles. The fraction of sp³-hybridized carbons (Fsp3) is 0.867. The molecular formula is C15H26N2O3. The number of hydrogen-bond acceptors (Lipinski definition) is 4. The Hall–Kier alpha value is -0.940. The number of nitrogens with zero attached hydrogens (tertiary/aromatic N) is 1. The van der Waals surface area contributed by atoms with Gasteiger partial charge in [-0.3, -0.25) is 14.5 Å². The SMILES string of the molecule is CCC(CC)N1C(=O)CC(NC2CCCCC2O)C1=O. The van der Waals surface area contributed by atoms with Crippen molar-refractivity contribution in [3.8, 4) is 0 Å². The lowest BCUT2D eigenvalue weighted by molar-refractivity contribution is -0.141. The lowest BCUT2D eigenvalue weighted by Crippen LogP contribution is -2.50. The molecule has 3 unspecified atom stereocenters. The van der Waals surface area contributed by atoms with Crippen molar-refractivity contribution >= 4 is 11.8 Å². The van der Waals surface area contributed by atoms with Gasteiger partial charge in [-0.2, -0.15) is 0 Å². The van der Waals surface area contributed by atoms with Crippen molar-refractivity contribution in [2.24, 2.45) is 0 Å². The van der Waals surface area contributed by atoms with Gasteiger partial charge in [0.25, 0.3) is 0 Å². The molecule has 2 N–H and O–H groups in total. The molecule has 2 rings (SSSR count). The molecule has 1 saturated carbocycles. The molecule has 2 fully saturated rings. The average Bonchev–Trinajstić information content (AvgIpc) is 2.71. The van der Waals surface area contributed by atoms with Crippen LogP contribution in [0.5, 0.6) is 0 Å². The molecule has 2 aliphatic rings. The molecule has 5 nitrogen and oxygen atoms in total. The molecule has 1 aliphatic carbocycles. The maximum absolute atomic E-state index is 12.4. The van der Waals surface area contributed by atoms with Crippen LogP contribution in [0.3, 0.4) is 0 Å². The highest BCUT2D eigenvalue weighted by Crippen LogP contribution is 2.24. The molecule has 0 aromatic carbocycles. The van der Waals surface area contributed by atoms with E-state index in [1.165, 1.54) is 4.90 Å². The zero-order valence-corrected chi connectivity index (χ0v) is 12.5. The first kappa shape index (κ1) is 15.4. The fourth-order valence-electron chi connectivity index (χ4n) is 3.38. The number of aliphatic hydroxyl groups is 1. The minimum Gasteiger partial charge on any atom is -0.392 e. The van der Waals surface area contributed by atoms with Crippen LogP contribution < -0.4 is 5.32 Å². The quantitative estimate of drug-likeness (QED) is 0.743. The standard InChI is InChI=1S/C15H26N2O3/c1-3-10(4-2)17-14(19)9-12(15(17)20)16-11-7-5-6-8-13(11)18/h10-13,16,18H,3-9H2,1-2H3. The third-order valence-electron chi connectivity index (χ3n) is 4.64. The number of amides is 2. The van der Waals surface area contributed by atoms with Crippen LogP contribution in [0.15, 0.2) is 0 Å². The van der Waals surface area contributed by atoms with Crippen molar-refractivity contribution in [3.63, 3.8) is 0 Å². The molecule has 2 amide bonds. The summed E-state index contributed by atoms with van der Waals surface area (Å²) >= 11 is 0. The molecule has 114 valence electrons. The van der Waals surface area contributed by atoms with Gasteiger partial charge in [-0.1, -0.05) is 26.7 Å². The number of likely N-dealkylation sites (tertiary alicyclic amines) is 1. The molecular weight excluding hydrogens is 256 g/mol. The van der Waals surface area contributed by atoms with Gasteiger partial charge < -0.3 is 10.4 Å². The molecule has 0 radical (unpaired) electrons. The van der Waals surface area contributed by atoms with Crippen LogP contribution in [-0.4, -0.2) is 46.1 Å². The van der Waals surface area contributed by atoms with E-state index in [-0.39, 0.29) is 30.3 Å². The summed E-state index contributed by atoms with van der Waals surface area (Å²) in [5.41, 5.74) is 0. The first-order chi connectivity index (χ1) is 9.58. The number of nitrogens with one attached hydrogen (secondary N) is 1. The normalized spacial score (nSPS) is 31.4. The van der Waals surface area contributed by atoms with E-state index in [9.17, 15) is 14.7 Å². The van der Waals surface area contributed by atoms with E-state index in [4.69, 9.17) is 0 Å². The predicted octanol–water partition coefficient (Wildman–Crippen LogP) is 1.20. The number of hydrogen-bond donors (Lipinski definition) is 2. The highest BCUT2D eigenvalue weighted by atomic mass is 16.3. The van der Waals surface area contributed by atoms with E-state index in [1.807, 2.05) is 13.8 Å². The Morgan fingerprint density at radius 3 is 2.50 bits per heavy atom. The van der Waals surface area contributed by atoms with E-state index >= 15 is 0 Å².